The van der Waals surface area contributed by atoms with Crippen molar-refractivity contribution < 1.29 is 9.18 Å². The van der Waals surface area contributed by atoms with Gasteiger partial charge in [0, 0.05) is 25.9 Å². The molecule has 0 atom stereocenters. The van der Waals surface area contributed by atoms with Crippen LogP contribution in [0.4, 0.5) is 4.39 Å². The molecule has 0 saturated carbocycles. The summed E-state index contributed by atoms with van der Waals surface area (Å²) in [4.78, 5) is 18.1. The van der Waals surface area contributed by atoms with Gasteiger partial charge in [0.15, 0.2) is 5.82 Å². The standard InChI is InChI=1S/C22H22FN7OS/c23-15-7-9-16(10-8-15)30-21(17-5-4-14-32-17)25-20(28-30)22(31)24-12-11-19-27-26-18-6-2-1-3-13-29(18)19/h4-5,7-10,14H,1-3,6,11-13H2,(H,24,31). The SMILES string of the molecule is O=C(NCCc1nnc2n1CCCCC2)c1nc(-c2cccs2)n(-c2ccc(F)cc2)n1. The highest BCUT2D eigenvalue weighted by Gasteiger charge is 2.20. The summed E-state index contributed by atoms with van der Waals surface area (Å²) in [5.74, 6) is 1.84. The van der Waals surface area contributed by atoms with Crippen molar-refractivity contribution in [2.75, 3.05) is 6.54 Å². The zero-order chi connectivity index (χ0) is 21.9. The van der Waals surface area contributed by atoms with Gasteiger partial charge in [-0.05, 0) is 48.6 Å². The highest BCUT2D eigenvalue weighted by atomic mass is 32.1. The smallest absolute Gasteiger partial charge is 0.291 e. The van der Waals surface area contributed by atoms with Crippen LogP contribution in [0.2, 0.25) is 0 Å². The average molecular weight is 452 g/mol. The van der Waals surface area contributed by atoms with Crippen molar-refractivity contribution in [3.05, 3.63) is 65.1 Å². The number of thiophene rings is 1. The number of hydrogen-bond acceptors (Lipinski definition) is 6. The molecule has 4 heterocycles. The number of halogens is 1. The Bertz CT molecular complexity index is 1210. The molecule has 0 spiro atoms. The second-order valence-electron chi connectivity index (χ2n) is 7.63. The predicted octanol–water partition coefficient (Wildman–Crippen LogP) is 3.43. The van der Waals surface area contributed by atoms with Crippen LogP contribution in [0, 0.1) is 5.82 Å². The van der Waals surface area contributed by atoms with Crippen molar-refractivity contribution in [3.63, 3.8) is 0 Å². The maximum atomic E-state index is 13.4. The molecule has 1 N–H and O–H groups in total. The topological polar surface area (TPSA) is 90.5 Å². The van der Waals surface area contributed by atoms with E-state index in [1.54, 1.807) is 16.8 Å². The quantitative estimate of drug-likeness (QED) is 0.485. The fraction of sp³-hybridized carbons (Fsp3) is 0.318. The molecule has 164 valence electrons. The van der Waals surface area contributed by atoms with Crippen LogP contribution >= 0.6 is 11.3 Å². The van der Waals surface area contributed by atoms with Gasteiger partial charge in [-0.2, -0.15) is 0 Å². The molecule has 5 rings (SSSR count). The van der Waals surface area contributed by atoms with E-state index >= 15 is 0 Å². The van der Waals surface area contributed by atoms with Gasteiger partial charge in [0.1, 0.15) is 17.5 Å². The number of aryl methyl sites for hydroxylation is 1. The molecule has 0 fully saturated rings. The highest BCUT2D eigenvalue weighted by Crippen LogP contribution is 2.25. The first-order chi connectivity index (χ1) is 15.7. The van der Waals surface area contributed by atoms with Gasteiger partial charge >= 0.3 is 0 Å². The first kappa shape index (κ1) is 20.5. The van der Waals surface area contributed by atoms with E-state index in [1.165, 1.54) is 29.9 Å². The molecule has 0 unspecified atom stereocenters. The van der Waals surface area contributed by atoms with Gasteiger partial charge < -0.3 is 9.88 Å². The number of rotatable bonds is 6. The molecule has 0 radical (unpaired) electrons. The Balaban J connectivity index is 1.32. The van der Waals surface area contributed by atoms with E-state index in [2.05, 4.69) is 30.2 Å². The van der Waals surface area contributed by atoms with E-state index in [1.807, 2.05) is 17.5 Å². The van der Waals surface area contributed by atoms with Gasteiger partial charge in [-0.15, -0.1) is 26.6 Å². The van der Waals surface area contributed by atoms with E-state index in [9.17, 15) is 9.18 Å². The molecule has 8 nitrogen and oxygen atoms in total. The van der Waals surface area contributed by atoms with Crippen LogP contribution in [0.1, 0.15) is 41.5 Å². The molecule has 0 bridgehead atoms. The Kier molecular flexibility index (Phi) is 5.76. The third-order valence-corrected chi connectivity index (χ3v) is 6.31. The van der Waals surface area contributed by atoms with Gasteiger partial charge in [-0.1, -0.05) is 12.5 Å². The van der Waals surface area contributed by atoms with Crippen molar-refractivity contribution in [2.45, 2.75) is 38.6 Å². The normalized spacial score (nSPS) is 13.5. The maximum absolute atomic E-state index is 13.4. The summed E-state index contributed by atoms with van der Waals surface area (Å²) in [6, 6.07) is 9.75. The molecule has 1 aromatic carbocycles. The second kappa shape index (κ2) is 8.99. The molecular weight excluding hydrogens is 429 g/mol. The zero-order valence-corrected chi connectivity index (χ0v) is 18.2. The minimum absolute atomic E-state index is 0.0674. The Morgan fingerprint density at radius 1 is 1.12 bits per heavy atom. The lowest BCUT2D eigenvalue weighted by atomic mass is 10.2. The average Bonchev–Trinajstić information content (AvgIpc) is 3.52. The van der Waals surface area contributed by atoms with E-state index in [4.69, 9.17) is 0 Å². The molecule has 1 amide bonds. The van der Waals surface area contributed by atoms with Gasteiger partial charge in [-0.3, -0.25) is 4.79 Å². The summed E-state index contributed by atoms with van der Waals surface area (Å²) >= 11 is 1.50. The monoisotopic (exact) mass is 451 g/mol. The number of nitrogens with zero attached hydrogens (tertiary/aromatic N) is 6. The third-order valence-electron chi connectivity index (χ3n) is 5.44. The first-order valence-electron chi connectivity index (χ1n) is 10.6. The minimum atomic E-state index is -0.362. The first-order valence-corrected chi connectivity index (χ1v) is 11.5. The van der Waals surface area contributed by atoms with Gasteiger partial charge in [0.05, 0.1) is 10.6 Å². The molecule has 3 aromatic heterocycles. The summed E-state index contributed by atoms with van der Waals surface area (Å²) in [6.07, 6.45) is 5.02. The second-order valence-corrected chi connectivity index (χ2v) is 8.57. The molecule has 1 aliphatic heterocycles. The van der Waals surface area contributed by atoms with Crippen molar-refractivity contribution >= 4 is 17.2 Å². The van der Waals surface area contributed by atoms with Crippen LogP contribution in [0.25, 0.3) is 16.4 Å². The van der Waals surface area contributed by atoms with Crippen LogP contribution < -0.4 is 5.32 Å². The van der Waals surface area contributed by atoms with Crippen molar-refractivity contribution in [1.29, 1.82) is 0 Å². The van der Waals surface area contributed by atoms with Crippen LogP contribution in [0.15, 0.2) is 41.8 Å². The Morgan fingerprint density at radius 2 is 2.00 bits per heavy atom. The van der Waals surface area contributed by atoms with Gasteiger partial charge in [0.25, 0.3) is 5.91 Å². The molecule has 0 saturated heterocycles. The van der Waals surface area contributed by atoms with Crippen molar-refractivity contribution in [1.82, 2.24) is 34.8 Å². The van der Waals surface area contributed by atoms with E-state index in [0.717, 1.165) is 42.3 Å². The number of hydrogen-bond donors (Lipinski definition) is 1. The van der Waals surface area contributed by atoms with Crippen LogP contribution in [-0.4, -0.2) is 42.0 Å². The number of carbonyl (C=O) groups excluding carboxylic acids is 1. The maximum Gasteiger partial charge on any atom is 0.291 e. The van der Waals surface area contributed by atoms with Crippen LogP contribution in [0.5, 0.6) is 0 Å². The summed E-state index contributed by atoms with van der Waals surface area (Å²) in [5.41, 5.74) is 0.632. The Hall–Kier alpha value is -3.40. The minimum Gasteiger partial charge on any atom is -0.349 e. The van der Waals surface area contributed by atoms with E-state index in [-0.39, 0.29) is 17.5 Å². The molecule has 0 aliphatic carbocycles. The number of nitrogens with one attached hydrogen (secondary N) is 1. The fourth-order valence-corrected chi connectivity index (χ4v) is 4.53. The number of amides is 1. The number of aromatic nitrogens is 6. The molecule has 10 heteroatoms. The summed E-state index contributed by atoms with van der Waals surface area (Å²) in [6.45, 7) is 1.34. The summed E-state index contributed by atoms with van der Waals surface area (Å²) in [5, 5.41) is 17.8. The van der Waals surface area contributed by atoms with E-state index < -0.39 is 0 Å². The summed E-state index contributed by atoms with van der Waals surface area (Å²) in [7, 11) is 0. The van der Waals surface area contributed by atoms with Crippen molar-refractivity contribution in [2.24, 2.45) is 0 Å². The number of fused-ring (bicyclic) bond motifs is 1. The van der Waals surface area contributed by atoms with Crippen LogP contribution in [-0.2, 0) is 19.4 Å². The largest absolute Gasteiger partial charge is 0.349 e. The number of carbonyl (C=O) groups is 1. The fourth-order valence-electron chi connectivity index (χ4n) is 3.83. The Morgan fingerprint density at radius 3 is 2.81 bits per heavy atom. The predicted molar refractivity (Wildman–Crippen MR) is 118 cm³/mol. The van der Waals surface area contributed by atoms with Gasteiger partial charge in [-0.25, -0.2) is 14.1 Å². The molecule has 4 aromatic rings. The summed E-state index contributed by atoms with van der Waals surface area (Å²) < 4.78 is 17.1. The highest BCUT2D eigenvalue weighted by molar-refractivity contribution is 7.13. The van der Waals surface area contributed by atoms with Crippen LogP contribution in [0.3, 0.4) is 0 Å². The lowest BCUT2D eigenvalue weighted by Gasteiger charge is -2.07. The zero-order valence-electron chi connectivity index (χ0n) is 17.4. The van der Waals surface area contributed by atoms with Gasteiger partial charge in [0.2, 0.25) is 5.82 Å². The lowest BCUT2D eigenvalue weighted by Crippen LogP contribution is -2.27. The van der Waals surface area contributed by atoms with Crippen molar-refractivity contribution in [3.8, 4) is 16.4 Å². The lowest BCUT2D eigenvalue weighted by molar-refractivity contribution is 0.0943. The molecular formula is C22H22FN7OS. The molecule has 1 aliphatic rings. The van der Waals surface area contributed by atoms with E-state index in [0.29, 0.717) is 24.5 Å². The number of benzene rings is 1. The molecule has 32 heavy (non-hydrogen) atoms. The Labute approximate surface area is 188 Å². The third kappa shape index (κ3) is 4.18.